The predicted octanol–water partition coefficient (Wildman–Crippen LogP) is 1.45. The fourth-order valence-electron chi connectivity index (χ4n) is 2.56. The van der Waals surface area contributed by atoms with Crippen LogP contribution in [0.4, 0.5) is 5.95 Å². The lowest BCUT2D eigenvalue weighted by Crippen LogP contribution is -2.49. The molecule has 1 aromatic carbocycles. The van der Waals surface area contributed by atoms with Crippen molar-refractivity contribution in [2.45, 2.75) is 6.92 Å². The van der Waals surface area contributed by atoms with Crippen LogP contribution in [0.1, 0.15) is 15.9 Å². The predicted molar refractivity (Wildman–Crippen MR) is 83.0 cm³/mol. The molecule has 6 heteroatoms. The number of rotatable bonds is 2. The van der Waals surface area contributed by atoms with Gasteiger partial charge in [0.15, 0.2) is 0 Å². The molecule has 6 nitrogen and oxygen atoms in total. The Hall–Kier alpha value is -2.63. The van der Waals surface area contributed by atoms with Crippen LogP contribution >= 0.6 is 0 Å². The fraction of sp³-hybridized carbons (Fsp3) is 0.312. The summed E-state index contributed by atoms with van der Waals surface area (Å²) >= 11 is 0. The van der Waals surface area contributed by atoms with Gasteiger partial charge in [-0.1, -0.05) is 11.6 Å². The van der Waals surface area contributed by atoms with Crippen molar-refractivity contribution in [2.75, 3.05) is 31.1 Å². The molecule has 2 aromatic rings. The maximum absolute atomic E-state index is 12.5. The zero-order valence-electron chi connectivity index (χ0n) is 12.4. The van der Waals surface area contributed by atoms with Gasteiger partial charge in [-0.3, -0.25) is 4.79 Å². The Morgan fingerprint density at radius 3 is 2.50 bits per heavy atom. The lowest BCUT2D eigenvalue weighted by molar-refractivity contribution is 0.0743. The van der Waals surface area contributed by atoms with Gasteiger partial charge in [-0.2, -0.15) is 0 Å². The molecule has 0 radical (unpaired) electrons. The molecule has 22 heavy (non-hydrogen) atoms. The lowest BCUT2D eigenvalue weighted by atomic mass is 10.1. The van der Waals surface area contributed by atoms with Crippen LogP contribution in [-0.2, 0) is 0 Å². The van der Waals surface area contributed by atoms with Gasteiger partial charge in [0, 0.05) is 38.6 Å². The SMILES string of the molecule is Cc1ccc(O)c(C(=O)N2CCN(c3ncccn3)CC2)c1. The highest BCUT2D eigenvalue weighted by atomic mass is 16.3. The summed E-state index contributed by atoms with van der Waals surface area (Å²) in [4.78, 5) is 24.8. The van der Waals surface area contributed by atoms with Gasteiger partial charge in [0.2, 0.25) is 5.95 Å². The number of anilines is 1. The van der Waals surface area contributed by atoms with Crippen molar-refractivity contribution < 1.29 is 9.90 Å². The first kappa shape index (κ1) is 14.3. The van der Waals surface area contributed by atoms with E-state index in [0.29, 0.717) is 37.7 Å². The van der Waals surface area contributed by atoms with Gasteiger partial charge in [0.05, 0.1) is 5.56 Å². The Labute approximate surface area is 129 Å². The number of aromatic hydroxyl groups is 1. The van der Waals surface area contributed by atoms with E-state index in [1.54, 1.807) is 41.6 Å². The van der Waals surface area contributed by atoms with Gasteiger partial charge in [0.1, 0.15) is 5.75 Å². The number of phenolic OH excluding ortho intramolecular Hbond substituents is 1. The summed E-state index contributed by atoms with van der Waals surface area (Å²) in [7, 11) is 0. The van der Waals surface area contributed by atoms with Crippen LogP contribution in [0.15, 0.2) is 36.7 Å². The number of carbonyl (C=O) groups excluding carboxylic acids is 1. The average molecular weight is 298 g/mol. The van der Waals surface area contributed by atoms with Gasteiger partial charge < -0.3 is 14.9 Å². The highest BCUT2D eigenvalue weighted by Crippen LogP contribution is 2.21. The Bertz CT molecular complexity index is 667. The molecule has 1 aromatic heterocycles. The quantitative estimate of drug-likeness (QED) is 0.909. The van der Waals surface area contributed by atoms with Crippen molar-refractivity contribution in [1.82, 2.24) is 14.9 Å². The van der Waals surface area contributed by atoms with Crippen molar-refractivity contribution in [3.05, 3.63) is 47.8 Å². The Balaban J connectivity index is 1.68. The Morgan fingerprint density at radius 2 is 1.82 bits per heavy atom. The standard InChI is InChI=1S/C16H18N4O2/c1-12-3-4-14(21)13(11-12)15(22)19-7-9-20(10-8-19)16-17-5-2-6-18-16/h2-6,11,21H,7-10H2,1H3. The molecule has 1 amide bonds. The van der Waals surface area contributed by atoms with Crippen molar-refractivity contribution in [2.24, 2.45) is 0 Å². The summed E-state index contributed by atoms with van der Waals surface area (Å²) in [6, 6.07) is 6.86. The molecule has 1 fully saturated rings. The zero-order valence-corrected chi connectivity index (χ0v) is 12.4. The van der Waals surface area contributed by atoms with Gasteiger partial charge in [-0.05, 0) is 25.1 Å². The summed E-state index contributed by atoms with van der Waals surface area (Å²) in [6.07, 6.45) is 3.43. The number of benzene rings is 1. The van der Waals surface area contributed by atoms with Crippen molar-refractivity contribution >= 4 is 11.9 Å². The number of nitrogens with zero attached hydrogens (tertiary/aromatic N) is 4. The van der Waals surface area contributed by atoms with E-state index in [2.05, 4.69) is 14.9 Å². The minimum absolute atomic E-state index is 0.0319. The van der Waals surface area contributed by atoms with Crippen LogP contribution in [0.5, 0.6) is 5.75 Å². The van der Waals surface area contributed by atoms with Crippen LogP contribution in [0.3, 0.4) is 0 Å². The molecule has 1 saturated heterocycles. The number of phenols is 1. The monoisotopic (exact) mass is 298 g/mol. The first-order valence-electron chi connectivity index (χ1n) is 7.26. The molecular formula is C16H18N4O2. The van der Waals surface area contributed by atoms with Gasteiger partial charge >= 0.3 is 0 Å². The third kappa shape index (κ3) is 2.86. The molecule has 2 heterocycles. The normalized spacial score (nSPS) is 15.0. The maximum atomic E-state index is 12.5. The highest BCUT2D eigenvalue weighted by molar-refractivity contribution is 5.97. The Morgan fingerprint density at radius 1 is 1.14 bits per heavy atom. The molecule has 1 aliphatic heterocycles. The second kappa shape index (κ2) is 6.01. The highest BCUT2D eigenvalue weighted by Gasteiger charge is 2.24. The average Bonchev–Trinajstić information content (AvgIpc) is 2.57. The van der Waals surface area contributed by atoms with Gasteiger partial charge in [-0.15, -0.1) is 0 Å². The summed E-state index contributed by atoms with van der Waals surface area (Å²) < 4.78 is 0. The van der Waals surface area contributed by atoms with Gasteiger partial charge in [0.25, 0.3) is 5.91 Å². The maximum Gasteiger partial charge on any atom is 0.257 e. The molecule has 0 saturated carbocycles. The molecule has 0 bridgehead atoms. The van der Waals surface area contributed by atoms with Gasteiger partial charge in [-0.25, -0.2) is 9.97 Å². The molecular weight excluding hydrogens is 280 g/mol. The van der Waals surface area contributed by atoms with E-state index in [-0.39, 0.29) is 11.7 Å². The van der Waals surface area contributed by atoms with Crippen LogP contribution in [-0.4, -0.2) is 52.1 Å². The largest absolute Gasteiger partial charge is 0.507 e. The Kier molecular flexibility index (Phi) is 3.91. The molecule has 1 N–H and O–H groups in total. The summed E-state index contributed by atoms with van der Waals surface area (Å²) in [6.45, 7) is 4.44. The fourth-order valence-corrected chi connectivity index (χ4v) is 2.56. The van der Waals surface area contributed by atoms with E-state index in [1.807, 2.05) is 6.92 Å². The van der Waals surface area contributed by atoms with Crippen LogP contribution in [0, 0.1) is 6.92 Å². The van der Waals surface area contributed by atoms with E-state index < -0.39 is 0 Å². The molecule has 3 rings (SSSR count). The van der Waals surface area contributed by atoms with Crippen LogP contribution in [0.25, 0.3) is 0 Å². The lowest BCUT2D eigenvalue weighted by Gasteiger charge is -2.34. The number of hydrogen-bond donors (Lipinski definition) is 1. The van der Waals surface area contributed by atoms with E-state index in [1.165, 1.54) is 0 Å². The number of aromatic nitrogens is 2. The molecule has 114 valence electrons. The molecule has 0 spiro atoms. The number of aryl methyl sites for hydroxylation is 1. The molecule has 0 unspecified atom stereocenters. The third-order valence-electron chi connectivity index (χ3n) is 3.78. The number of hydrogen-bond acceptors (Lipinski definition) is 5. The molecule has 0 atom stereocenters. The van der Waals surface area contributed by atoms with Crippen LogP contribution < -0.4 is 4.90 Å². The second-order valence-electron chi connectivity index (χ2n) is 5.35. The summed E-state index contributed by atoms with van der Waals surface area (Å²) in [5.41, 5.74) is 1.32. The topological polar surface area (TPSA) is 69.6 Å². The first-order valence-corrected chi connectivity index (χ1v) is 7.26. The minimum Gasteiger partial charge on any atom is -0.507 e. The zero-order chi connectivity index (χ0) is 15.5. The number of piperazine rings is 1. The first-order chi connectivity index (χ1) is 10.6. The second-order valence-corrected chi connectivity index (χ2v) is 5.35. The van der Waals surface area contributed by atoms with E-state index >= 15 is 0 Å². The number of amides is 1. The third-order valence-corrected chi connectivity index (χ3v) is 3.78. The van der Waals surface area contributed by atoms with Crippen LogP contribution in [0.2, 0.25) is 0 Å². The van der Waals surface area contributed by atoms with E-state index in [9.17, 15) is 9.90 Å². The van der Waals surface area contributed by atoms with Crippen molar-refractivity contribution in [3.8, 4) is 5.75 Å². The van der Waals surface area contributed by atoms with Crippen molar-refractivity contribution in [1.29, 1.82) is 0 Å². The molecule has 1 aliphatic rings. The number of carbonyl (C=O) groups is 1. The molecule has 0 aliphatic carbocycles. The minimum atomic E-state index is -0.130. The van der Waals surface area contributed by atoms with Crippen molar-refractivity contribution in [3.63, 3.8) is 0 Å². The summed E-state index contributed by atoms with van der Waals surface area (Å²) in [5.74, 6) is 0.590. The van der Waals surface area contributed by atoms with E-state index in [0.717, 1.165) is 5.56 Å². The summed E-state index contributed by atoms with van der Waals surface area (Å²) in [5, 5.41) is 9.89. The van der Waals surface area contributed by atoms with E-state index in [4.69, 9.17) is 0 Å². The smallest absolute Gasteiger partial charge is 0.257 e.